The van der Waals surface area contributed by atoms with E-state index in [1.807, 2.05) is 0 Å². The topological polar surface area (TPSA) is 54.9 Å². The van der Waals surface area contributed by atoms with Crippen molar-refractivity contribution in [3.8, 4) is 0 Å². The molecule has 1 aromatic heterocycles. The molecule has 1 heterocycles. The Kier molecular flexibility index (Phi) is 4.73. The highest BCUT2D eigenvalue weighted by Crippen LogP contribution is 2.22. The second kappa shape index (κ2) is 5.63. The SMILES string of the molecule is CC(C)(C)SCC(=O)Nc1cnc(Br)cn1. The van der Waals surface area contributed by atoms with Gasteiger partial charge in [-0.2, -0.15) is 0 Å². The van der Waals surface area contributed by atoms with E-state index in [2.05, 4.69) is 52.0 Å². The fourth-order valence-corrected chi connectivity index (χ4v) is 1.68. The lowest BCUT2D eigenvalue weighted by Crippen LogP contribution is -2.19. The molecule has 4 nitrogen and oxygen atoms in total. The highest BCUT2D eigenvalue weighted by molar-refractivity contribution is 9.10. The maximum absolute atomic E-state index is 11.5. The number of rotatable bonds is 3. The minimum Gasteiger partial charge on any atom is -0.309 e. The molecular formula is C10H14BrN3OS. The van der Waals surface area contributed by atoms with Crippen molar-refractivity contribution in [2.45, 2.75) is 25.5 Å². The molecule has 0 aromatic carbocycles. The summed E-state index contributed by atoms with van der Waals surface area (Å²) in [6.07, 6.45) is 3.07. The molecule has 1 rings (SSSR count). The number of halogens is 1. The van der Waals surface area contributed by atoms with Crippen LogP contribution in [0.4, 0.5) is 5.82 Å². The van der Waals surface area contributed by atoms with Crippen molar-refractivity contribution in [1.82, 2.24) is 9.97 Å². The van der Waals surface area contributed by atoms with E-state index in [1.54, 1.807) is 18.0 Å². The number of nitrogens with one attached hydrogen (secondary N) is 1. The van der Waals surface area contributed by atoms with Gasteiger partial charge in [0.2, 0.25) is 5.91 Å². The van der Waals surface area contributed by atoms with E-state index in [-0.39, 0.29) is 10.7 Å². The molecule has 0 atom stereocenters. The number of carbonyl (C=O) groups excluding carboxylic acids is 1. The largest absolute Gasteiger partial charge is 0.309 e. The molecule has 16 heavy (non-hydrogen) atoms. The molecule has 1 amide bonds. The van der Waals surface area contributed by atoms with E-state index in [1.165, 1.54) is 6.20 Å². The Morgan fingerprint density at radius 3 is 2.62 bits per heavy atom. The molecule has 1 aromatic rings. The van der Waals surface area contributed by atoms with E-state index in [4.69, 9.17) is 0 Å². The van der Waals surface area contributed by atoms with E-state index in [9.17, 15) is 4.79 Å². The van der Waals surface area contributed by atoms with Gasteiger partial charge in [0.05, 0.1) is 18.1 Å². The maximum atomic E-state index is 11.5. The third-order valence-corrected chi connectivity index (χ3v) is 3.21. The molecule has 0 saturated carbocycles. The zero-order chi connectivity index (χ0) is 12.2. The van der Waals surface area contributed by atoms with Crippen molar-refractivity contribution >= 4 is 39.4 Å². The standard InChI is InChI=1S/C10H14BrN3OS/c1-10(2,3)16-6-9(15)14-8-5-12-7(11)4-13-8/h4-5H,6H2,1-3H3,(H,13,14,15). The Bertz CT molecular complexity index is 361. The summed E-state index contributed by atoms with van der Waals surface area (Å²) in [6.45, 7) is 6.22. The van der Waals surface area contributed by atoms with Crippen LogP contribution in [0.25, 0.3) is 0 Å². The van der Waals surface area contributed by atoms with Gasteiger partial charge in [0.25, 0.3) is 0 Å². The molecule has 0 spiro atoms. The number of amides is 1. The van der Waals surface area contributed by atoms with Gasteiger partial charge in [0, 0.05) is 4.75 Å². The maximum Gasteiger partial charge on any atom is 0.235 e. The molecule has 1 N–H and O–H groups in total. The second-order valence-corrected chi connectivity index (χ2v) is 6.79. The molecule has 0 aliphatic rings. The molecule has 0 unspecified atom stereocenters. The van der Waals surface area contributed by atoms with Crippen LogP contribution in [0.3, 0.4) is 0 Å². The zero-order valence-electron chi connectivity index (χ0n) is 9.45. The fraction of sp³-hybridized carbons (Fsp3) is 0.500. The Morgan fingerprint density at radius 2 is 2.12 bits per heavy atom. The van der Waals surface area contributed by atoms with Crippen molar-refractivity contribution in [1.29, 1.82) is 0 Å². The normalized spacial score (nSPS) is 11.2. The summed E-state index contributed by atoms with van der Waals surface area (Å²) in [6, 6.07) is 0. The summed E-state index contributed by atoms with van der Waals surface area (Å²) in [5.74, 6) is 0.834. The highest BCUT2D eigenvalue weighted by atomic mass is 79.9. The number of hydrogen-bond donors (Lipinski definition) is 1. The van der Waals surface area contributed by atoms with Gasteiger partial charge in [-0.15, -0.1) is 11.8 Å². The van der Waals surface area contributed by atoms with Crippen LogP contribution in [0.1, 0.15) is 20.8 Å². The number of nitrogens with zero attached hydrogens (tertiary/aromatic N) is 2. The van der Waals surface area contributed by atoms with E-state index in [0.717, 1.165) is 0 Å². The van der Waals surface area contributed by atoms with Crippen LogP contribution in [-0.2, 0) is 4.79 Å². The Balaban J connectivity index is 2.43. The Hall–Kier alpha value is -0.620. The molecule has 0 aliphatic heterocycles. The van der Waals surface area contributed by atoms with Gasteiger partial charge in [-0.05, 0) is 15.9 Å². The molecule has 0 bridgehead atoms. The summed E-state index contributed by atoms with van der Waals surface area (Å²) < 4.78 is 0.734. The molecule has 0 fully saturated rings. The van der Waals surface area contributed by atoms with Crippen LogP contribution < -0.4 is 5.32 Å². The fourth-order valence-electron chi connectivity index (χ4n) is 0.838. The van der Waals surface area contributed by atoms with Gasteiger partial charge in [-0.1, -0.05) is 20.8 Å². The second-order valence-electron chi connectivity index (χ2n) is 4.17. The summed E-state index contributed by atoms with van der Waals surface area (Å²) in [5, 5.41) is 2.69. The van der Waals surface area contributed by atoms with Crippen LogP contribution in [0.5, 0.6) is 0 Å². The highest BCUT2D eigenvalue weighted by Gasteiger charge is 2.13. The van der Waals surface area contributed by atoms with Crippen LogP contribution in [0.15, 0.2) is 17.0 Å². The van der Waals surface area contributed by atoms with E-state index in [0.29, 0.717) is 16.2 Å². The average molecular weight is 304 g/mol. The number of aromatic nitrogens is 2. The summed E-state index contributed by atoms with van der Waals surface area (Å²) >= 11 is 4.77. The molecule has 88 valence electrons. The summed E-state index contributed by atoms with van der Waals surface area (Å²) in [5.41, 5.74) is 0. The number of anilines is 1. The first kappa shape index (κ1) is 13.4. The molecule has 6 heteroatoms. The Labute approximate surface area is 108 Å². The number of hydrogen-bond acceptors (Lipinski definition) is 4. The van der Waals surface area contributed by atoms with Crippen molar-refractivity contribution in [3.05, 3.63) is 17.0 Å². The van der Waals surface area contributed by atoms with Gasteiger partial charge >= 0.3 is 0 Å². The molecule has 0 aliphatic carbocycles. The molecular weight excluding hydrogens is 290 g/mol. The lowest BCUT2D eigenvalue weighted by molar-refractivity contribution is -0.113. The van der Waals surface area contributed by atoms with Crippen molar-refractivity contribution in [2.24, 2.45) is 0 Å². The van der Waals surface area contributed by atoms with Crippen LogP contribution >= 0.6 is 27.7 Å². The predicted octanol–water partition coefficient (Wildman–Crippen LogP) is 2.71. The Morgan fingerprint density at radius 1 is 1.44 bits per heavy atom. The van der Waals surface area contributed by atoms with Gasteiger partial charge in [-0.25, -0.2) is 9.97 Å². The quantitative estimate of drug-likeness (QED) is 0.933. The van der Waals surface area contributed by atoms with Crippen LogP contribution in [0, 0.1) is 0 Å². The first-order chi connectivity index (χ1) is 7.37. The zero-order valence-corrected chi connectivity index (χ0v) is 11.9. The summed E-state index contributed by atoms with van der Waals surface area (Å²) in [7, 11) is 0. The lowest BCUT2D eigenvalue weighted by Gasteiger charge is -2.16. The average Bonchev–Trinajstić information content (AvgIpc) is 2.18. The first-order valence-electron chi connectivity index (χ1n) is 4.78. The third kappa shape index (κ3) is 5.46. The van der Waals surface area contributed by atoms with Gasteiger partial charge < -0.3 is 5.32 Å². The van der Waals surface area contributed by atoms with Crippen molar-refractivity contribution < 1.29 is 4.79 Å². The van der Waals surface area contributed by atoms with Crippen LogP contribution in [-0.4, -0.2) is 26.4 Å². The lowest BCUT2D eigenvalue weighted by atomic mass is 10.3. The minimum absolute atomic E-state index is 0.0588. The van der Waals surface area contributed by atoms with Crippen molar-refractivity contribution in [3.63, 3.8) is 0 Å². The van der Waals surface area contributed by atoms with Crippen LogP contribution in [0.2, 0.25) is 0 Å². The summed E-state index contributed by atoms with van der Waals surface area (Å²) in [4.78, 5) is 19.5. The molecule has 0 radical (unpaired) electrons. The predicted molar refractivity (Wildman–Crippen MR) is 70.6 cm³/mol. The smallest absolute Gasteiger partial charge is 0.235 e. The van der Waals surface area contributed by atoms with E-state index >= 15 is 0 Å². The van der Waals surface area contributed by atoms with Gasteiger partial charge in [0.15, 0.2) is 5.82 Å². The van der Waals surface area contributed by atoms with Gasteiger partial charge in [0.1, 0.15) is 4.60 Å². The van der Waals surface area contributed by atoms with E-state index < -0.39 is 0 Å². The minimum atomic E-state index is -0.0588. The van der Waals surface area contributed by atoms with Crippen molar-refractivity contribution in [2.75, 3.05) is 11.1 Å². The number of thioether (sulfide) groups is 1. The monoisotopic (exact) mass is 303 g/mol. The molecule has 0 saturated heterocycles. The third-order valence-electron chi connectivity index (χ3n) is 1.52. The number of carbonyl (C=O) groups is 1. The first-order valence-corrected chi connectivity index (χ1v) is 6.56. The van der Waals surface area contributed by atoms with Gasteiger partial charge in [-0.3, -0.25) is 4.79 Å².